The van der Waals surface area contributed by atoms with Crippen LogP contribution in [-0.4, -0.2) is 42.0 Å². The third-order valence-corrected chi connectivity index (χ3v) is 5.88. The zero-order chi connectivity index (χ0) is 16.3. The van der Waals surface area contributed by atoms with Gasteiger partial charge in [-0.1, -0.05) is 18.9 Å². The van der Waals surface area contributed by atoms with E-state index >= 15 is 0 Å². The van der Waals surface area contributed by atoms with Crippen molar-refractivity contribution in [3.63, 3.8) is 0 Å². The topological polar surface area (TPSA) is 41.6 Å². The van der Waals surface area contributed by atoms with E-state index in [1.54, 1.807) is 0 Å². The lowest BCUT2D eigenvalue weighted by molar-refractivity contribution is 0.395. The largest absolute Gasteiger partial charge is 0.370 e. The first-order chi connectivity index (χ1) is 11.1. The maximum atomic E-state index is 14.3. The Morgan fingerprint density at radius 1 is 1.17 bits per heavy atom. The number of thioether (sulfide) groups is 1. The van der Waals surface area contributed by atoms with Crippen molar-refractivity contribution in [2.24, 2.45) is 10.7 Å². The zero-order valence-corrected chi connectivity index (χ0v) is 16.8. The van der Waals surface area contributed by atoms with Gasteiger partial charge in [-0.15, -0.1) is 24.0 Å². The van der Waals surface area contributed by atoms with Crippen LogP contribution >= 0.6 is 35.7 Å². The number of rotatable bonds is 3. The highest BCUT2D eigenvalue weighted by Gasteiger charge is 2.40. The van der Waals surface area contributed by atoms with E-state index in [9.17, 15) is 8.78 Å². The molecule has 3 nitrogen and oxygen atoms in total. The number of halogens is 3. The standard InChI is InChI=1S/C17H23F2N3S.HI/c18-13-4-3-5-14(19)15(13)17(6-1-2-7-17)12-21-16(20)22-8-10-23-11-9-22;/h3-5H,1-2,6-12H2,(H2,20,21);1H. The number of hydrogen-bond donors (Lipinski definition) is 1. The third kappa shape index (κ3) is 4.15. The van der Waals surface area contributed by atoms with Crippen LogP contribution in [0.25, 0.3) is 0 Å². The van der Waals surface area contributed by atoms with Gasteiger partial charge in [0.05, 0.1) is 6.54 Å². The summed E-state index contributed by atoms with van der Waals surface area (Å²) in [7, 11) is 0. The molecule has 2 aliphatic rings. The van der Waals surface area contributed by atoms with Crippen molar-refractivity contribution in [3.05, 3.63) is 35.4 Å². The second-order valence-corrected chi connectivity index (χ2v) is 7.58. The summed E-state index contributed by atoms with van der Waals surface area (Å²) in [6.45, 7) is 2.14. The molecule has 3 rings (SSSR count). The summed E-state index contributed by atoms with van der Waals surface area (Å²) in [5.41, 5.74) is 5.77. The third-order valence-electron chi connectivity index (χ3n) is 4.93. The van der Waals surface area contributed by atoms with Crippen molar-refractivity contribution in [1.82, 2.24) is 4.90 Å². The normalized spacial score (nSPS) is 20.8. The first-order valence-corrected chi connectivity index (χ1v) is 9.35. The van der Waals surface area contributed by atoms with E-state index in [-0.39, 0.29) is 29.5 Å². The van der Waals surface area contributed by atoms with Gasteiger partial charge in [-0.05, 0) is 25.0 Å². The van der Waals surface area contributed by atoms with E-state index in [1.807, 2.05) is 11.8 Å². The van der Waals surface area contributed by atoms with Crippen LogP contribution in [0.4, 0.5) is 8.78 Å². The summed E-state index contributed by atoms with van der Waals surface area (Å²) >= 11 is 1.91. The van der Waals surface area contributed by atoms with Crippen molar-refractivity contribution < 1.29 is 8.78 Å². The average Bonchev–Trinajstić information content (AvgIpc) is 3.03. The van der Waals surface area contributed by atoms with E-state index < -0.39 is 17.0 Å². The molecule has 0 amide bonds. The van der Waals surface area contributed by atoms with E-state index in [0.717, 1.165) is 50.3 Å². The molecule has 2 fully saturated rings. The molecule has 7 heteroatoms. The Bertz CT molecular complexity index is 565. The number of guanidine groups is 1. The van der Waals surface area contributed by atoms with E-state index in [0.29, 0.717) is 12.5 Å². The smallest absolute Gasteiger partial charge is 0.191 e. The van der Waals surface area contributed by atoms with Crippen LogP contribution in [0.3, 0.4) is 0 Å². The van der Waals surface area contributed by atoms with Gasteiger partial charge >= 0.3 is 0 Å². The molecule has 0 unspecified atom stereocenters. The molecular weight excluding hydrogens is 443 g/mol. The monoisotopic (exact) mass is 467 g/mol. The van der Waals surface area contributed by atoms with Crippen molar-refractivity contribution in [1.29, 1.82) is 0 Å². The maximum Gasteiger partial charge on any atom is 0.191 e. The van der Waals surface area contributed by atoms with Gasteiger partial charge < -0.3 is 10.6 Å². The maximum absolute atomic E-state index is 14.3. The molecule has 0 bridgehead atoms. The lowest BCUT2D eigenvalue weighted by Gasteiger charge is -2.31. The number of nitrogens with zero attached hydrogens (tertiary/aromatic N) is 2. The first kappa shape index (κ1) is 19.8. The van der Waals surface area contributed by atoms with Gasteiger partial charge in [-0.2, -0.15) is 11.8 Å². The summed E-state index contributed by atoms with van der Waals surface area (Å²) in [4.78, 5) is 6.60. The summed E-state index contributed by atoms with van der Waals surface area (Å²) in [6.07, 6.45) is 3.47. The quantitative estimate of drug-likeness (QED) is 0.418. The SMILES string of the molecule is I.NC(=NCC1(c2c(F)cccc2F)CCCC1)N1CCSCC1. The Labute approximate surface area is 163 Å². The van der Waals surface area contributed by atoms with Crippen molar-refractivity contribution in [2.45, 2.75) is 31.1 Å². The molecule has 0 radical (unpaired) electrons. The van der Waals surface area contributed by atoms with Gasteiger partial charge in [0.15, 0.2) is 5.96 Å². The van der Waals surface area contributed by atoms with Crippen molar-refractivity contribution in [3.8, 4) is 0 Å². The molecule has 134 valence electrons. The summed E-state index contributed by atoms with van der Waals surface area (Å²) in [5, 5.41) is 0. The van der Waals surface area contributed by atoms with Crippen LogP contribution < -0.4 is 5.73 Å². The molecule has 0 spiro atoms. The summed E-state index contributed by atoms with van der Waals surface area (Å²) in [6, 6.07) is 4.10. The van der Waals surface area contributed by atoms with Crippen molar-refractivity contribution >= 4 is 41.7 Å². The van der Waals surface area contributed by atoms with Gasteiger partial charge in [-0.3, -0.25) is 4.99 Å². The number of benzene rings is 1. The Hall–Kier alpha value is -0.570. The molecular formula is C17H24F2IN3S. The van der Waals surface area contributed by atoms with E-state index in [2.05, 4.69) is 9.89 Å². The predicted octanol–water partition coefficient (Wildman–Crippen LogP) is 3.76. The molecule has 1 saturated carbocycles. The summed E-state index contributed by atoms with van der Waals surface area (Å²) < 4.78 is 28.6. The second kappa shape index (κ2) is 8.69. The minimum absolute atomic E-state index is 0. The van der Waals surface area contributed by atoms with E-state index in [4.69, 9.17) is 5.73 Å². The van der Waals surface area contributed by atoms with Crippen LogP contribution in [0.2, 0.25) is 0 Å². The van der Waals surface area contributed by atoms with Crippen LogP contribution in [0.5, 0.6) is 0 Å². The molecule has 1 aliphatic carbocycles. The van der Waals surface area contributed by atoms with Gasteiger partial charge in [-0.25, -0.2) is 8.78 Å². The number of hydrogen-bond acceptors (Lipinski definition) is 2. The highest BCUT2D eigenvalue weighted by Crippen LogP contribution is 2.43. The molecule has 1 aromatic rings. The molecule has 1 saturated heterocycles. The van der Waals surface area contributed by atoms with Gasteiger partial charge in [0.2, 0.25) is 0 Å². The molecule has 1 aromatic carbocycles. The Morgan fingerprint density at radius 3 is 2.33 bits per heavy atom. The minimum Gasteiger partial charge on any atom is -0.370 e. The second-order valence-electron chi connectivity index (χ2n) is 6.36. The highest BCUT2D eigenvalue weighted by molar-refractivity contribution is 14.0. The molecule has 24 heavy (non-hydrogen) atoms. The van der Waals surface area contributed by atoms with Gasteiger partial charge in [0, 0.05) is 35.6 Å². The Kier molecular flexibility index (Phi) is 7.15. The average molecular weight is 467 g/mol. The first-order valence-electron chi connectivity index (χ1n) is 8.19. The van der Waals surface area contributed by atoms with Crippen LogP contribution in [0.15, 0.2) is 23.2 Å². The molecule has 2 N–H and O–H groups in total. The highest BCUT2D eigenvalue weighted by atomic mass is 127. The fourth-order valence-corrected chi connectivity index (χ4v) is 4.57. The lowest BCUT2D eigenvalue weighted by Crippen LogP contribution is -2.43. The fraction of sp³-hybridized carbons (Fsp3) is 0.588. The van der Waals surface area contributed by atoms with Gasteiger partial charge in [0.1, 0.15) is 11.6 Å². The predicted molar refractivity (Wildman–Crippen MR) is 107 cm³/mol. The molecule has 0 atom stereocenters. The minimum atomic E-state index is -0.551. The number of aliphatic imine (C=N–C) groups is 1. The van der Waals surface area contributed by atoms with Crippen LogP contribution in [0, 0.1) is 11.6 Å². The Balaban J connectivity index is 0.00000208. The Morgan fingerprint density at radius 2 is 1.75 bits per heavy atom. The lowest BCUT2D eigenvalue weighted by atomic mass is 9.78. The van der Waals surface area contributed by atoms with Crippen LogP contribution in [-0.2, 0) is 5.41 Å². The molecule has 1 aliphatic heterocycles. The fourth-order valence-electron chi connectivity index (χ4n) is 3.67. The van der Waals surface area contributed by atoms with Gasteiger partial charge in [0.25, 0.3) is 0 Å². The summed E-state index contributed by atoms with van der Waals surface area (Å²) in [5.74, 6) is 1.67. The van der Waals surface area contributed by atoms with E-state index in [1.165, 1.54) is 18.2 Å². The van der Waals surface area contributed by atoms with Crippen LogP contribution in [0.1, 0.15) is 31.2 Å². The number of nitrogens with two attached hydrogens (primary N) is 1. The zero-order valence-electron chi connectivity index (χ0n) is 13.6. The molecule has 0 aromatic heterocycles. The molecule has 1 heterocycles. The van der Waals surface area contributed by atoms with Crippen molar-refractivity contribution in [2.75, 3.05) is 31.1 Å².